The van der Waals surface area contributed by atoms with Gasteiger partial charge in [-0.1, -0.05) is 20.8 Å². The molecule has 0 radical (unpaired) electrons. The summed E-state index contributed by atoms with van der Waals surface area (Å²) in [5, 5.41) is 2.94. The van der Waals surface area contributed by atoms with Crippen molar-refractivity contribution in [2.24, 2.45) is 11.1 Å². The number of nitrogens with one attached hydrogen (secondary N) is 1. The van der Waals surface area contributed by atoms with Crippen LogP contribution in [-0.4, -0.2) is 11.9 Å². The Morgan fingerprint density at radius 2 is 2.22 bits per heavy atom. The molecule has 1 aromatic heterocycles. The van der Waals surface area contributed by atoms with Crippen molar-refractivity contribution in [3.63, 3.8) is 0 Å². The van der Waals surface area contributed by atoms with Gasteiger partial charge in [-0.25, -0.2) is 0 Å². The molecule has 1 unspecified atom stereocenters. The van der Waals surface area contributed by atoms with Gasteiger partial charge in [0.1, 0.15) is 0 Å². The third-order valence-corrected chi connectivity index (χ3v) is 4.69. The highest BCUT2D eigenvalue weighted by Crippen LogP contribution is 2.30. The van der Waals surface area contributed by atoms with E-state index in [0.29, 0.717) is 6.54 Å². The highest BCUT2D eigenvalue weighted by Gasteiger charge is 2.27. The molecular formula is C14H22N2OS. The molecule has 0 spiro atoms. The molecule has 1 aliphatic carbocycles. The van der Waals surface area contributed by atoms with Crippen LogP contribution in [0.15, 0.2) is 6.07 Å². The van der Waals surface area contributed by atoms with Gasteiger partial charge in [0, 0.05) is 9.75 Å². The van der Waals surface area contributed by atoms with E-state index in [4.69, 9.17) is 5.73 Å². The molecule has 0 saturated carbocycles. The lowest BCUT2D eigenvalue weighted by atomic mass is 9.87. The van der Waals surface area contributed by atoms with Crippen molar-refractivity contribution in [3.8, 4) is 0 Å². The van der Waals surface area contributed by atoms with E-state index in [1.807, 2.05) is 32.1 Å². The van der Waals surface area contributed by atoms with E-state index in [2.05, 4.69) is 11.4 Å². The number of fused-ring (bicyclic) bond motifs is 1. The van der Waals surface area contributed by atoms with Gasteiger partial charge in [0.05, 0.1) is 12.6 Å². The molecule has 1 aliphatic rings. The van der Waals surface area contributed by atoms with Crippen LogP contribution in [0.5, 0.6) is 0 Å². The largest absolute Gasteiger partial charge is 0.350 e. The number of thiophene rings is 1. The van der Waals surface area contributed by atoms with E-state index in [1.54, 1.807) is 0 Å². The molecular weight excluding hydrogens is 244 g/mol. The number of carbonyl (C=O) groups is 1. The van der Waals surface area contributed by atoms with Gasteiger partial charge in [-0.05, 0) is 36.3 Å². The summed E-state index contributed by atoms with van der Waals surface area (Å²) in [6, 6.07) is 1.78. The van der Waals surface area contributed by atoms with Crippen LogP contribution in [0.2, 0.25) is 0 Å². The highest BCUT2D eigenvalue weighted by molar-refractivity contribution is 7.12. The first-order valence-electron chi connectivity index (χ1n) is 6.51. The second-order valence-electron chi connectivity index (χ2n) is 6.08. The predicted octanol–water partition coefficient (Wildman–Crippen LogP) is 2.23. The molecule has 18 heavy (non-hydrogen) atoms. The first-order chi connectivity index (χ1) is 8.38. The number of hydrogen-bond acceptors (Lipinski definition) is 3. The standard InChI is InChI=1S/C14H22N2OS/c1-14(2,3)12(15)13(17)16-8-10-7-9-5-4-6-11(9)18-10/h7,12H,4-6,8,15H2,1-3H3,(H,16,17). The second-order valence-corrected chi connectivity index (χ2v) is 7.30. The van der Waals surface area contributed by atoms with Crippen LogP contribution < -0.4 is 11.1 Å². The van der Waals surface area contributed by atoms with E-state index in [-0.39, 0.29) is 11.3 Å². The number of rotatable bonds is 3. The predicted molar refractivity (Wildman–Crippen MR) is 75.6 cm³/mol. The van der Waals surface area contributed by atoms with E-state index in [0.717, 1.165) is 0 Å². The maximum Gasteiger partial charge on any atom is 0.237 e. The molecule has 1 aromatic rings. The fourth-order valence-corrected chi connectivity index (χ4v) is 3.36. The van der Waals surface area contributed by atoms with Gasteiger partial charge in [0.15, 0.2) is 0 Å². The maximum atomic E-state index is 11.9. The van der Waals surface area contributed by atoms with Gasteiger partial charge in [-0.3, -0.25) is 4.79 Å². The van der Waals surface area contributed by atoms with Gasteiger partial charge in [-0.2, -0.15) is 0 Å². The first kappa shape index (κ1) is 13.6. The molecule has 100 valence electrons. The zero-order valence-corrected chi connectivity index (χ0v) is 12.2. The van der Waals surface area contributed by atoms with Crippen LogP contribution in [-0.2, 0) is 24.2 Å². The number of nitrogens with two attached hydrogens (primary N) is 1. The number of aryl methyl sites for hydroxylation is 2. The molecule has 0 aliphatic heterocycles. The van der Waals surface area contributed by atoms with Gasteiger partial charge >= 0.3 is 0 Å². The Bertz CT molecular complexity index is 424. The molecule has 3 N–H and O–H groups in total. The number of hydrogen-bond donors (Lipinski definition) is 2. The zero-order chi connectivity index (χ0) is 13.3. The topological polar surface area (TPSA) is 55.1 Å². The minimum Gasteiger partial charge on any atom is -0.350 e. The number of carbonyl (C=O) groups excluding carboxylic acids is 1. The highest BCUT2D eigenvalue weighted by atomic mass is 32.1. The zero-order valence-electron chi connectivity index (χ0n) is 11.4. The molecule has 4 heteroatoms. The molecule has 0 fully saturated rings. The fourth-order valence-electron chi connectivity index (χ4n) is 2.16. The van der Waals surface area contributed by atoms with Crippen LogP contribution in [0.3, 0.4) is 0 Å². The van der Waals surface area contributed by atoms with Crippen LogP contribution in [0.4, 0.5) is 0 Å². The smallest absolute Gasteiger partial charge is 0.237 e. The molecule has 0 saturated heterocycles. The lowest BCUT2D eigenvalue weighted by Crippen LogP contribution is -2.48. The summed E-state index contributed by atoms with van der Waals surface area (Å²) >= 11 is 1.83. The summed E-state index contributed by atoms with van der Waals surface area (Å²) in [6.45, 7) is 6.56. The van der Waals surface area contributed by atoms with Gasteiger partial charge in [0.2, 0.25) is 5.91 Å². The Morgan fingerprint density at radius 3 is 2.83 bits per heavy atom. The third-order valence-electron chi connectivity index (χ3n) is 3.45. The van der Waals surface area contributed by atoms with Crippen LogP contribution in [0, 0.1) is 5.41 Å². The summed E-state index contributed by atoms with van der Waals surface area (Å²) < 4.78 is 0. The summed E-state index contributed by atoms with van der Waals surface area (Å²) in [4.78, 5) is 14.7. The minimum atomic E-state index is -0.454. The van der Waals surface area contributed by atoms with E-state index >= 15 is 0 Å². The summed E-state index contributed by atoms with van der Waals surface area (Å²) in [7, 11) is 0. The van der Waals surface area contributed by atoms with Crippen molar-refractivity contribution in [2.45, 2.75) is 52.6 Å². The van der Waals surface area contributed by atoms with Gasteiger partial charge < -0.3 is 11.1 Å². The van der Waals surface area contributed by atoms with E-state index in [1.165, 1.54) is 34.6 Å². The fraction of sp³-hybridized carbons (Fsp3) is 0.643. The summed E-state index contributed by atoms with van der Waals surface area (Å²) in [5.41, 5.74) is 7.21. The van der Waals surface area contributed by atoms with E-state index in [9.17, 15) is 4.79 Å². The van der Waals surface area contributed by atoms with Crippen LogP contribution in [0.25, 0.3) is 0 Å². The average Bonchev–Trinajstić information content (AvgIpc) is 2.83. The van der Waals surface area contributed by atoms with Crippen molar-refractivity contribution < 1.29 is 4.79 Å². The van der Waals surface area contributed by atoms with Crippen LogP contribution >= 0.6 is 11.3 Å². The molecule has 0 bridgehead atoms. The Labute approximate surface area is 113 Å². The SMILES string of the molecule is CC(C)(C)C(N)C(=O)NCc1cc2c(s1)CCC2. The van der Waals surface area contributed by atoms with Gasteiger partial charge in [-0.15, -0.1) is 11.3 Å². The van der Waals surface area contributed by atoms with Gasteiger partial charge in [0.25, 0.3) is 0 Å². The summed E-state index contributed by atoms with van der Waals surface area (Å²) in [5.74, 6) is -0.0592. The molecule has 3 nitrogen and oxygen atoms in total. The van der Waals surface area contributed by atoms with Crippen molar-refractivity contribution in [1.82, 2.24) is 5.32 Å². The molecule has 0 aromatic carbocycles. The summed E-state index contributed by atoms with van der Waals surface area (Å²) in [6.07, 6.45) is 3.68. The maximum absolute atomic E-state index is 11.9. The van der Waals surface area contributed by atoms with E-state index < -0.39 is 6.04 Å². The minimum absolute atomic E-state index is 0.0592. The first-order valence-corrected chi connectivity index (χ1v) is 7.33. The molecule has 1 heterocycles. The van der Waals surface area contributed by atoms with Crippen molar-refractivity contribution in [1.29, 1.82) is 0 Å². The Hall–Kier alpha value is -0.870. The quantitative estimate of drug-likeness (QED) is 0.881. The second kappa shape index (κ2) is 5.02. The molecule has 1 amide bonds. The van der Waals surface area contributed by atoms with Crippen LogP contribution in [0.1, 0.15) is 42.5 Å². The number of amides is 1. The van der Waals surface area contributed by atoms with Crippen molar-refractivity contribution in [2.75, 3.05) is 0 Å². The monoisotopic (exact) mass is 266 g/mol. The molecule has 1 atom stereocenters. The Kier molecular flexibility index (Phi) is 3.78. The Balaban J connectivity index is 1.89. The lowest BCUT2D eigenvalue weighted by Gasteiger charge is -2.25. The molecule has 2 rings (SSSR count). The van der Waals surface area contributed by atoms with Crippen molar-refractivity contribution >= 4 is 17.2 Å². The third kappa shape index (κ3) is 2.93. The Morgan fingerprint density at radius 1 is 1.50 bits per heavy atom. The lowest BCUT2D eigenvalue weighted by molar-refractivity contribution is -0.124. The average molecular weight is 266 g/mol. The normalized spacial score (nSPS) is 16.4. The van der Waals surface area contributed by atoms with Crippen molar-refractivity contribution in [3.05, 3.63) is 21.4 Å².